The minimum atomic E-state index is -0.641. The first-order chi connectivity index (χ1) is 13.5. The van der Waals surface area contributed by atoms with E-state index in [2.05, 4.69) is 0 Å². The highest BCUT2D eigenvalue weighted by Crippen LogP contribution is 2.21. The molecule has 0 heterocycles. The number of benzene rings is 3. The number of ketones is 2. The lowest BCUT2D eigenvalue weighted by Gasteiger charge is -2.09. The second kappa shape index (κ2) is 8.39. The van der Waals surface area contributed by atoms with Crippen LogP contribution in [-0.4, -0.2) is 28.9 Å². The average molecular weight is 376 g/mol. The number of carbonyl (C=O) groups is 2. The van der Waals surface area contributed by atoms with Crippen molar-refractivity contribution >= 4 is 11.6 Å². The third-order valence-corrected chi connectivity index (χ3v) is 4.44. The third kappa shape index (κ3) is 4.57. The Balaban J connectivity index is 1.81. The van der Waals surface area contributed by atoms with Gasteiger partial charge in [0.2, 0.25) is 11.6 Å². The van der Waals surface area contributed by atoms with E-state index in [-0.39, 0.29) is 22.6 Å². The number of carbonyl (C=O) groups excluding carboxylic acids is 2. The molecule has 28 heavy (non-hydrogen) atoms. The largest absolute Gasteiger partial charge is 0.508 e. The van der Waals surface area contributed by atoms with E-state index in [4.69, 9.17) is 4.74 Å². The van der Waals surface area contributed by atoms with Gasteiger partial charge in [0.15, 0.2) is 0 Å². The van der Waals surface area contributed by atoms with Crippen LogP contribution in [0.3, 0.4) is 0 Å². The number of hydrogen-bond acceptors (Lipinski definition) is 5. The SMILES string of the molecule is COc1cc(CCc2ccc(O)cc2)cc(C(=O)C(=O)c2ccc(O)cc2)c1. The van der Waals surface area contributed by atoms with E-state index in [0.717, 1.165) is 11.1 Å². The van der Waals surface area contributed by atoms with Crippen molar-refractivity contribution in [3.8, 4) is 17.2 Å². The van der Waals surface area contributed by atoms with Gasteiger partial charge in [-0.3, -0.25) is 9.59 Å². The maximum atomic E-state index is 12.7. The van der Waals surface area contributed by atoms with Crippen LogP contribution in [0.25, 0.3) is 0 Å². The van der Waals surface area contributed by atoms with E-state index in [9.17, 15) is 19.8 Å². The molecule has 2 N–H and O–H groups in total. The van der Waals surface area contributed by atoms with Crippen LogP contribution in [0.1, 0.15) is 31.8 Å². The van der Waals surface area contributed by atoms with Gasteiger partial charge in [-0.2, -0.15) is 0 Å². The molecule has 3 aromatic rings. The van der Waals surface area contributed by atoms with Gasteiger partial charge in [0.25, 0.3) is 0 Å². The maximum absolute atomic E-state index is 12.7. The predicted molar refractivity (Wildman–Crippen MR) is 105 cm³/mol. The number of aromatic hydroxyl groups is 2. The molecule has 0 radical (unpaired) electrons. The quantitative estimate of drug-likeness (QED) is 0.482. The number of hydrogen-bond donors (Lipinski definition) is 2. The molecule has 0 saturated heterocycles. The zero-order valence-corrected chi connectivity index (χ0v) is 15.4. The Morgan fingerprint density at radius 1 is 0.714 bits per heavy atom. The standard InChI is InChI=1S/C23H20O5/c1-28-21-13-16(3-2-15-4-8-19(24)9-5-15)12-18(14-21)23(27)22(26)17-6-10-20(25)11-7-17/h4-14,24-25H,2-3H2,1H3. The number of aryl methyl sites for hydroxylation is 2. The molecule has 3 rings (SSSR count). The summed E-state index contributed by atoms with van der Waals surface area (Å²) in [6.45, 7) is 0. The lowest BCUT2D eigenvalue weighted by Crippen LogP contribution is -2.15. The first kappa shape index (κ1) is 19.2. The Morgan fingerprint density at radius 3 is 1.86 bits per heavy atom. The van der Waals surface area contributed by atoms with Crippen LogP contribution in [0.4, 0.5) is 0 Å². The Morgan fingerprint density at radius 2 is 1.25 bits per heavy atom. The molecule has 0 amide bonds. The first-order valence-corrected chi connectivity index (χ1v) is 8.80. The van der Waals surface area contributed by atoms with E-state index < -0.39 is 11.6 Å². The van der Waals surface area contributed by atoms with Gasteiger partial charge in [-0.15, -0.1) is 0 Å². The summed E-state index contributed by atoms with van der Waals surface area (Å²) in [5.41, 5.74) is 2.40. The van der Waals surface area contributed by atoms with Crippen LogP contribution in [0.5, 0.6) is 17.2 Å². The number of methoxy groups -OCH3 is 1. The normalized spacial score (nSPS) is 10.5. The highest BCUT2D eigenvalue weighted by Gasteiger charge is 2.19. The molecule has 0 aliphatic carbocycles. The van der Waals surface area contributed by atoms with Crippen LogP contribution in [0, 0.1) is 0 Å². The second-order valence-electron chi connectivity index (χ2n) is 6.44. The van der Waals surface area contributed by atoms with Gasteiger partial charge < -0.3 is 14.9 Å². The lowest BCUT2D eigenvalue weighted by molar-refractivity contribution is 0.0816. The van der Waals surface area contributed by atoms with E-state index in [1.165, 1.54) is 31.4 Å². The van der Waals surface area contributed by atoms with Gasteiger partial charge in [-0.05, 0) is 78.6 Å². The summed E-state index contributed by atoms with van der Waals surface area (Å²) in [6, 6.07) is 17.6. The highest BCUT2D eigenvalue weighted by molar-refractivity contribution is 6.49. The zero-order valence-electron chi connectivity index (χ0n) is 15.4. The third-order valence-electron chi connectivity index (χ3n) is 4.44. The summed E-state index contributed by atoms with van der Waals surface area (Å²) >= 11 is 0. The average Bonchev–Trinajstić information content (AvgIpc) is 2.72. The van der Waals surface area contributed by atoms with E-state index >= 15 is 0 Å². The van der Waals surface area contributed by atoms with Gasteiger partial charge in [0.05, 0.1) is 7.11 Å². The van der Waals surface area contributed by atoms with E-state index in [0.29, 0.717) is 18.6 Å². The summed E-state index contributed by atoms with van der Waals surface area (Å²) in [6.07, 6.45) is 1.36. The summed E-state index contributed by atoms with van der Waals surface area (Å²) in [5.74, 6) is -0.522. The monoisotopic (exact) mass is 376 g/mol. The molecule has 0 bridgehead atoms. The molecule has 0 unspecified atom stereocenters. The van der Waals surface area contributed by atoms with Gasteiger partial charge >= 0.3 is 0 Å². The van der Waals surface area contributed by atoms with Crippen molar-refractivity contribution in [3.05, 3.63) is 89.0 Å². The summed E-state index contributed by atoms with van der Waals surface area (Å²) in [4.78, 5) is 25.1. The minimum absolute atomic E-state index is 0.0295. The molecule has 0 fully saturated rings. The molecule has 5 nitrogen and oxygen atoms in total. The molecule has 0 spiro atoms. The number of Topliss-reactive ketones (excluding diaryl/α,β-unsaturated/α-hetero) is 2. The van der Waals surface area contributed by atoms with Crippen molar-refractivity contribution in [2.24, 2.45) is 0 Å². The molecule has 142 valence electrons. The molecular formula is C23H20O5. The molecule has 0 saturated carbocycles. The maximum Gasteiger partial charge on any atom is 0.233 e. The lowest BCUT2D eigenvalue weighted by atomic mass is 9.97. The van der Waals surface area contributed by atoms with Crippen molar-refractivity contribution < 1.29 is 24.5 Å². The van der Waals surface area contributed by atoms with Gasteiger partial charge in [0.1, 0.15) is 17.2 Å². The number of rotatable bonds is 7. The summed E-state index contributed by atoms with van der Waals surface area (Å²) in [5, 5.41) is 18.7. The van der Waals surface area contributed by atoms with Crippen LogP contribution < -0.4 is 4.74 Å². The summed E-state index contributed by atoms with van der Waals surface area (Å²) in [7, 11) is 1.51. The van der Waals surface area contributed by atoms with Crippen molar-refractivity contribution in [3.63, 3.8) is 0 Å². The van der Waals surface area contributed by atoms with Crippen molar-refractivity contribution in [2.75, 3.05) is 7.11 Å². The Labute approximate surface area is 162 Å². The molecule has 0 aromatic heterocycles. The van der Waals surface area contributed by atoms with Crippen LogP contribution in [-0.2, 0) is 12.8 Å². The number of ether oxygens (including phenoxy) is 1. The smallest absolute Gasteiger partial charge is 0.233 e. The number of phenols is 2. The van der Waals surface area contributed by atoms with Gasteiger partial charge in [0, 0.05) is 11.1 Å². The van der Waals surface area contributed by atoms with Crippen LogP contribution in [0.15, 0.2) is 66.7 Å². The van der Waals surface area contributed by atoms with Crippen molar-refractivity contribution in [2.45, 2.75) is 12.8 Å². The van der Waals surface area contributed by atoms with Gasteiger partial charge in [-0.1, -0.05) is 12.1 Å². The Bertz CT molecular complexity index is 989. The van der Waals surface area contributed by atoms with E-state index in [1.54, 1.807) is 24.3 Å². The zero-order chi connectivity index (χ0) is 20.1. The van der Waals surface area contributed by atoms with Crippen LogP contribution in [0.2, 0.25) is 0 Å². The fourth-order valence-electron chi connectivity index (χ4n) is 2.88. The topological polar surface area (TPSA) is 83.8 Å². The second-order valence-corrected chi connectivity index (χ2v) is 6.44. The first-order valence-electron chi connectivity index (χ1n) is 8.80. The fourth-order valence-corrected chi connectivity index (χ4v) is 2.88. The van der Waals surface area contributed by atoms with Crippen LogP contribution >= 0.6 is 0 Å². The molecular weight excluding hydrogens is 356 g/mol. The Kier molecular flexibility index (Phi) is 5.75. The number of phenolic OH excluding ortho intramolecular Hbond substituents is 2. The van der Waals surface area contributed by atoms with E-state index in [1.807, 2.05) is 18.2 Å². The molecule has 3 aromatic carbocycles. The molecule has 0 atom stereocenters. The highest BCUT2D eigenvalue weighted by atomic mass is 16.5. The fraction of sp³-hybridized carbons (Fsp3) is 0.130. The van der Waals surface area contributed by atoms with Crippen molar-refractivity contribution in [1.82, 2.24) is 0 Å². The minimum Gasteiger partial charge on any atom is -0.508 e. The molecule has 0 aliphatic rings. The van der Waals surface area contributed by atoms with Crippen molar-refractivity contribution in [1.29, 1.82) is 0 Å². The Hall–Kier alpha value is -3.60. The predicted octanol–water partition coefficient (Wildman–Crippen LogP) is 3.96. The molecule has 0 aliphatic heterocycles. The molecule has 5 heteroatoms. The summed E-state index contributed by atoms with van der Waals surface area (Å²) < 4.78 is 5.28. The van der Waals surface area contributed by atoms with Gasteiger partial charge in [-0.25, -0.2) is 0 Å².